The van der Waals surface area contributed by atoms with E-state index in [2.05, 4.69) is 5.16 Å². The van der Waals surface area contributed by atoms with Crippen molar-refractivity contribution in [1.29, 1.82) is 0 Å². The monoisotopic (exact) mass is 393 g/mol. The summed E-state index contributed by atoms with van der Waals surface area (Å²) in [5.74, 6) is 0.965. The number of ketones is 1. The Morgan fingerprint density at radius 3 is 2.55 bits per heavy atom. The van der Waals surface area contributed by atoms with Crippen LogP contribution in [-0.2, 0) is 16.1 Å². The van der Waals surface area contributed by atoms with Gasteiger partial charge in [0.2, 0.25) is 0 Å². The predicted molar refractivity (Wildman–Crippen MR) is 103 cm³/mol. The third-order valence-electron chi connectivity index (χ3n) is 4.42. The molecule has 7 heteroatoms. The fraction of sp³-hybridized carbons (Fsp3) is 0.227. The van der Waals surface area contributed by atoms with Crippen molar-refractivity contribution in [2.45, 2.75) is 19.4 Å². The van der Waals surface area contributed by atoms with E-state index in [0.717, 1.165) is 5.56 Å². The van der Waals surface area contributed by atoms with Crippen LogP contribution in [0.2, 0.25) is 0 Å². The second-order valence-electron chi connectivity index (χ2n) is 6.49. The van der Waals surface area contributed by atoms with E-state index in [1.54, 1.807) is 24.3 Å². The molecule has 0 fully saturated rings. The highest BCUT2D eigenvalue weighted by Crippen LogP contribution is 2.31. The van der Waals surface area contributed by atoms with Crippen LogP contribution in [0.15, 0.2) is 59.1 Å². The predicted octanol–water partition coefficient (Wildman–Crippen LogP) is 3.82. The van der Waals surface area contributed by atoms with Crippen molar-refractivity contribution in [3.63, 3.8) is 0 Å². The molecular formula is C22H19NO6. The lowest BCUT2D eigenvalue weighted by atomic mass is 10.1. The van der Waals surface area contributed by atoms with E-state index in [0.29, 0.717) is 41.7 Å². The van der Waals surface area contributed by atoms with Crippen LogP contribution >= 0.6 is 0 Å². The van der Waals surface area contributed by atoms with E-state index in [-0.39, 0.29) is 25.2 Å². The highest BCUT2D eigenvalue weighted by atomic mass is 16.6. The average molecular weight is 393 g/mol. The number of carbonyl (C=O) groups is 2. The van der Waals surface area contributed by atoms with Gasteiger partial charge in [0.1, 0.15) is 18.9 Å². The molecule has 1 aromatic heterocycles. The molecule has 0 radical (unpaired) electrons. The first-order valence-electron chi connectivity index (χ1n) is 9.28. The van der Waals surface area contributed by atoms with Crippen molar-refractivity contribution in [2.24, 2.45) is 0 Å². The van der Waals surface area contributed by atoms with Gasteiger partial charge in [0.25, 0.3) is 0 Å². The molecule has 2 heterocycles. The Bertz CT molecular complexity index is 1010. The van der Waals surface area contributed by atoms with Crippen LogP contribution in [0.25, 0.3) is 11.3 Å². The SMILES string of the molecule is O=C(CCC(=O)c1ccc2c(c1)OCCO2)OCc1cc(-c2ccccc2)no1. The number of esters is 1. The van der Waals surface area contributed by atoms with Crippen LogP contribution in [0.3, 0.4) is 0 Å². The molecule has 7 nitrogen and oxygen atoms in total. The van der Waals surface area contributed by atoms with Crippen molar-refractivity contribution in [3.05, 3.63) is 65.9 Å². The van der Waals surface area contributed by atoms with E-state index >= 15 is 0 Å². The zero-order chi connectivity index (χ0) is 20.1. The van der Waals surface area contributed by atoms with Crippen molar-refractivity contribution in [1.82, 2.24) is 5.16 Å². The minimum atomic E-state index is -0.478. The highest BCUT2D eigenvalue weighted by Gasteiger charge is 2.16. The molecule has 0 bridgehead atoms. The van der Waals surface area contributed by atoms with Crippen LogP contribution in [0.1, 0.15) is 29.0 Å². The zero-order valence-corrected chi connectivity index (χ0v) is 15.6. The fourth-order valence-corrected chi connectivity index (χ4v) is 2.93. The van der Waals surface area contributed by atoms with Crippen molar-refractivity contribution in [2.75, 3.05) is 13.2 Å². The summed E-state index contributed by atoms with van der Waals surface area (Å²) < 4.78 is 21.3. The first kappa shape index (κ1) is 18.7. The quantitative estimate of drug-likeness (QED) is 0.445. The number of carbonyl (C=O) groups excluding carboxylic acids is 2. The Kier molecular flexibility index (Phi) is 5.56. The number of fused-ring (bicyclic) bond motifs is 1. The maximum absolute atomic E-state index is 12.3. The van der Waals surface area contributed by atoms with E-state index in [1.807, 2.05) is 30.3 Å². The minimum absolute atomic E-state index is 0.0209. The van der Waals surface area contributed by atoms with E-state index in [9.17, 15) is 9.59 Å². The van der Waals surface area contributed by atoms with Crippen LogP contribution in [0, 0.1) is 0 Å². The minimum Gasteiger partial charge on any atom is -0.486 e. The summed E-state index contributed by atoms with van der Waals surface area (Å²) in [6, 6.07) is 16.3. The van der Waals surface area contributed by atoms with Gasteiger partial charge < -0.3 is 18.7 Å². The van der Waals surface area contributed by atoms with Crippen LogP contribution in [0.4, 0.5) is 0 Å². The molecule has 0 atom stereocenters. The van der Waals surface area contributed by atoms with Gasteiger partial charge in [0, 0.05) is 23.6 Å². The summed E-state index contributed by atoms with van der Waals surface area (Å²) in [4.78, 5) is 24.3. The first-order chi connectivity index (χ1) is 14.2. The van der Waals surface area contributed by atoms with Gasteiger partial charge in [-0.3, -0.25) is 9.59 Å². The van der Waals surface area contributed by atoms with E-state index in [4.69, 9.17) is 18.7 Å². The fourth-order valence-electron chi connectivity index (χ4n) is 2.93. The molecule has 0 saturated heterocycles. The third-order valence-corrected chi connectivity index (χ3v) is 4.42. The van der Waals surface area contributed by atoms with Gasteiger partial charge in [-0.25, -0.2) is 0 Å². The third kappa shape index (κ3) is 4.63. The molecule has 0 aliphatic carbocycles. The topological polar surface area (TPSA) is 87.9 Å². The lowest BCUT2D eigenvalue weighted by Crippen LogP contribution is -2.16. The molecule has 0 spiro atoms. The van der Waals surface area contributed by atoms with Gasteiger partial charge >= 0.3 is 5.97 Å². The molecule has 29 heavy (non-hydrogen) atoms. The van der Waals surface area contributed by atoms with Gasteiger partial charge in [-0.1, -0.05) is 35.5 Å². The van der Waals surface area contributed by atoms with Crippen LogP contribution in [-0.4, -0.2) is 30.1 Å². The number of benzene rings is 2. The Hall–Kier alpha value is -3.61. The van der Waals surface area contributed by atoms with Gasteiger partial charge in [-0.05, 0) is 18.2 Å². The maximum atomic E-state index is 12.3. The molecule has 0 unspecified atom stereocenters. The standard InChI is InChI=1S/C22H19NO6/c24-19(16-6-8-20-21(12-16)27-11-10-26-20)7-9-22(25)28-14-17-13-18(23-29-17)15-4-2-1-3-5-15/h1-6,8,12-13H,7,9-11,14H2. The Morgan fingerprint density at radius 2 is 1.72 bits per heavy atom. The molecule has 1 aliphatic rings. The molecule has 3 aromatic rings. The normalized spacial score (nSPS) is 12.4. The van der Waals surface area contributed by atoms with Crippen LogP contribution in [0.5, 0.6) is 11.5 Å². The summed E-state index contributed by atoms with van der Waals surface area (Å²) in [5, 5.41) is 3.97. The molecule has 4 rings (SSSR count). The number of rotatable bonds is 7. The van der Waals surface area contributed by atoms with Crippen molar-refractivity contribution >= 4 is 11.8 Å². The molecular weight excluding hydrogens is 374 g/mol. The van der Waals surface area contributed by atoms with E-state index < -0.39 is 5.97 Å². The number of hydrogen-bond acceptors (Lipinski definition) is 7. The summed E-state index contributed by atoms with van der Waals surface area (Å²) in [7, 11) is 0. The van der Waals surface area contributed by atoms with Crippen molar-refractivity contribution < 1.29 is 28.3 Å². The van der Waals surface area contributed by atoms with Gasteiger partial charge in [-0.2, -0.15) is 0 Å². The second-order valence-corrected chi connectivity index (χ2v) is 6.49. The summed E-state index contributed by atoms with van der Waals surface area (Å²) in [6.07, 6.45) is 0.0249. The summed E-state index contributed by atoms with van der Waals surface area (Å²) in [5.41, 5.74) is 2.06. The van der Waals surface area contributed by atoms with Gasteiger partial charge in [-0.15, -0.1) is 0 Å². The Balaban J connectivity index is 1.26. The lowest BCUT2D eigenvalue weighted by molar-refractivity contribution is -0.145. The van der Waals surface area contributed by atoms with Gasteiger partial charge in [0.05, 0.1) is 6.42 Å². The van der Waals surface area contributed by atoms with Crippen LogP contribution < -0.4 is 9.47 Å². The zero-order valence-electron chi connectivity index (χ0n) is 15.6. The highest BCUT2D eigenvalue weighted by molar-refractivity contribution is 5.98. The Labute approximate surface area is 167 Å². The maximum Gasteiger partial charge on any atom is 0.306 e. The number of hydrogen-bond donors (Lipinski definition) is 0. The largest absolute Gasteiger partial charge is 0.486 e. The molecule has 0 amide bonds. The van der Waals surface area contributed by atoms with E-state index in [1.165, 1.54) is 0 Å². The Morgan fingerprint density at radius 1 is 0.931 bits per heavy atom. The number of Topliss-reactive ketones (excluding diaryl/α,β-unsaturated/α-hetero) is 1. The average Bonchev–Trinajstić information content (AvgIpc) is 3.25. The molecule has 148 valence electrons. The molecule has 2 aromatic carbocycles. The van der Waals surface area contributed by atoms with Gasteiger partial charge in [0.15, 0.2) is 29.6 Å². The number of aromatic nitrogens is 1. The summed E-state index contributed by atoms with van der Waals surface area (Å²) >= 11 is 0. The molecule has 0 N–H and O–H groups in total. The molecule has 1 aliphatic heterocycles. The summed E-state index contributed by atoms with van der Waals surface area (Å²) in [6.45, 7) is 0.908. The van der Waals surface area contributed by atoms with Crippen molar-refractivity contribution in [3.8, 4) is 22.8 Å². The molecule has 0 saturated carbocycles. The first-order valence-corrected chi connectivity index (χ1v) is 9.28. The number of nitrogens with zero attached hydrogens (tertiary/aromatic N) is 1. The number of ether oxygens (including phenoxy) is 3. The smallest absolute Gasteiger partial charge is 0.306 e. The lowest BCUT2D eigenvalue weighted by Gasteiger charge is -2.18. The second kappa shape index (κ2) is 8.60.